The van der Waals surface area contributed by atoms with Crippen LogP contribution in [0.1, 0.15) is 0 Å². The summed E-state index contributed by atoms with van der Waals surface area (Å²) >= 11 is 4.83. The van der Waals surface area contributed by atoms with Crippen molar-refractivity contribution in [2.75, 3.05) is 0 Å². The van der Waals surface area contributed by atoms with Gasteiger partial charge in [-0.1, -0.05) is 11.2 Å². The Bertz CT molecular complexity index is 738. The van der Waals surface area contributed by atoms with E-state index >= 15 is 0 Å². The number of phenols is 2. The van der Waals surface area contributed by atoms with Gasteiger partial charge in [-0.2, -0.15) is 4.98 Å². The fraction of sp³-hybridized carbons (Fsp3) is 0. The average Bonchev–Trinajstić information content (AvgIpc) is 3.01. The van der Waals surface area contributed by atoms with Crippen molar-refractivity contribution in [1.29, 1.82) is 0 Å². The molecule has 3 rings (SSSR count). The molecule has 0 aliphatic heterocycles. The molecule has 5 nitrogen and oxygen atoms in total. The molecule has 96 valence electrons. The van der Waals surface area contributed by atoms with Gasteiger partial charge in [0, 0.05) is 9.85 Å². The summed E-state index contributed by atoms with van der Waals surface area (Å²) in [6.07, 6.45) is 0. The molecule has 0 amide bonds. The number of hydrogen-bond donors (Lipinski definition) is 2. The van der Waals surface area contributed by atoms with Crippen molar-refractivity contribution in [3.63, 3.8) is 0 Å². The lowest BCUT2D eigenvalue weighted by Gasteiger charge is -2.00. The molecular weight excluding hydrogens is 332 g/mol. The van der Waals surface area contributed by atoms with Gasteiger partial charge < -0.3 is 14.7 Å². The maximum Gasteiger partial charge on any atom is 0.262 e. The van der Waals surface area contributed by atoms with E-state index in [1.54, 1.807) is 12.1 Å². The summed E-state index contributed by atoms with van der Waals surface area (Å²) in [5.74, 6) is 0.0996. The van der Waals surface area contributed by atoms with Gasteiger partial charge in [-0.05, 0) is 34.1 Å². The van der Waals surface area contributed by atoms with Crippen LogP contribution in [0.5, 0.6) is 11.5 Å². The van der Waals surface area contributed by atoms with Crippen molar-refractivity contribution >= 4 is 27.3 Å². The average molecular weight is 339 g/mol. The fourth-order valence-corrected chi connectivity index (χ4v) is 2.92. The van der Waals surface area contributed by atoms with Crippen LogP contribution in [0.3, 0.4) is 0 Å². The summed E-state index contributed by atoms with van der Waals surface area (Å²) in [6.45, 7) is 0. The third kappa shape index (κ3) is 2.22. The van der Waals surface area contributed by atoms with Gasteiger partial charge in [0.05, 0.1) is 10.4 Å². The minimum absolute atomic E-state index is 0.160. The number of aromatic hydroxyl groups is 2. The van der Waals surface area contributed by atoms with E-state index in [4.69, 9.17) is 4.52 Å². The Morgan fingerprint density at radius 1 is 1.26 bits per heavy atom. The Morgan fingerprint density at radius 2 is 2.11 bits per heavy atom. The van der Waals surface area contributed by atoms with Gasteiger partial charge in [0.2, 0.25) is 5.82 Å². The van der Waals surface area contributed by atoms with E-state index in [2.05, 4.69) is 26.1 Å². The predicted molar refractivity (Wildman–Crippen MR) is 74.1 cm³/mol. The number of halogens is 1. The van der Waals surface area contributed by atoms with Crippen molar-refractivity contribution in [3.8, 4) is 33.7 Å². The van der Waals surface area contributed by atoms with Gasteiger partial charge in [0.25, 0.3) is 5.89 Å². The van der Waals surface area contributed by atoms with Gasteiger partial charge in [-0.15, -0.1) is 11.3 Å². The number of hydrogen-bond acceptors (Lipinski definition) is 6. The SMILES string of the molecule is Oc1cccc(-c2nc(-c3cc(Br)cs3)no2)c1O. The van der Waals surface area contributed by atoms with E-state index in [0.717, 1.165) is 9.35 Å². The normalized spacial score (nSPS) is 10.8. The molecule has 0 atom stereocenters. The predicted octanol–water partition coefficient (Wildman–Crippen LogP) is 3.64. The highest BCUT2D eigenvalue weighted by Gasteiger charge is 2.16. The molecule has 1 aromatic carbocycles. The van der Waals surface area contributed by atoms with E-state index in [-0.39, 0.29) is 17.4 Å². The molecule has 2 heterocycles. The molecule has 0 aliphatic rings. The van der Waals surface area contributed by atoms with E-state index in [1.165, 1.54) is 17.4 Å². The van der Waals surface area contributed by atoms with Crippen LogP contribution in [0.2, 0.25) is 0 Å². The van der Waals surface area contributed by atoms with Crippen LogP contribution in [0.15, 0.2) is 38.6 Å². The summed E-state index contributed by atoms with van der Waals surface area (Å²) in [6, 6.07) is 6.45. The molecule has 0 spiro atoms. The van der Waals surface area contributed by atoms with E-state index in [9.17, 15) is 10.2 Å². The zero-order valence-electron chi connectivity index (χ0n) is 9.37. The third-order valence-electron chi connectivity index (χ3n) is 2.46. The quantitative estimate of drug-likeness (QED) is 0.697. The molecule has 0 bridgehead atoms. The Morgan fingerprint density at radius 3 is 2.84 bits per heavy atom. The smallest absolute Gasteiger partial charge is 0.262 e. The first kappa shape index (κ1) is 12.2. The molecule has 0 radical (unpaired) electrons. The Kier molecular flexibility index (Phi) is 3.00. The maximum atomic E-state index is 9.75. The van der Waals surface area contributed by atoms with Crippen LogP contribution in [0, 0.1) is 0 Å². The second kappa shape index (κ2) is 4.67. The molecule has 2 aromatic heterocycles. The summed E-state index contributed by atoms with van der Waals surface area (Å²) in [5, 5.41) is 25.0. The third-order valence-corrected chi connectivity index (χ3v) is 4.15. The summed E-state index contributed by atoms with van der Waals surface area (Å²) in [7, 11) is 0. The number of nitrogens with zero attached hydrogens (tertiary/aromatic N) is 2. The lowest BCUT2D eigenvalue weighted by atomic mass is 10.2. The van der Waals surface area contributed by atoms with Crippen LogP contribution >= 0.6 is 27.3 Å². The molecule has 0 saturated heterocycles. The van der Waals surface area contributed by atoms with Crippen LogP contribution in [-0.2, 0) is 0 Å². The van der Waals surface area contributed by atoms with Gasteiger partial charge in [-0.3, -0.25) is 0 Å². The molecule has 3 aromatic rings. The Hall–Kier alpha value is -1.86. The van der Waals surface area contributed by atoms with Crippen molar-refractivity contribution in [2.45, 2.75) is 0 Å². The van der Waals surface area contributed by atoms with Gasteiger partial charge in [0.1, 0.15) is 0 Å². The molecule has 2 N–H and O–H groups in total. The minimum atomic E-state index is -0.273. The first-order valence-electron chi connectivity index (χ1n) is 5.24. The van der Waals surface area contributed by atoms with Crippen LogP contribution in [0.4, 0.5) is 0 Å². The molecule has 7 heteroatoms. The van der Waals surface area contributed by atoms with Crippen molar-refractivity contribution in [2.24, 2.45) is 0 Å². The second-order valence-electron chi connectivity index (χ2n) is 3.73. The second-order valence-corrected chi connectivity index (χ2v) is 5.55. The zero-order valence-corrected chi connectivity index (χ0v) is 11.8. The molecular formula is C12H7BrN2O3S. The highest BCUT2D eigenvalue weighted by Crippen LogP contribution is 2.36. The molecule has 19 heavy (non-hydrogen) atoms. The highest BCUT2D eigenvalue weighted by molar-refractivity contribution is 9.10. The monoisotopic (exact) mass is 338 g/mol. The van der Waals surface area contributed by atoms with Crippen molar-refractivity contribution in [3.05, 3.63) is 34.1 Å². The number of benzene rings is 1. The molecule has 0 saturated carbocycles. The number of phenolic OH excluding ortho intramolecular Hbond substituents is 2. The van der Waals surface area contributed by atoms with E-state index in [0.29, 0.717) is 11.4 Å². The molecule has 0 aliphatic carbocycles. The first-order chi connectivity index (χ1) is 9.15. The topological polar surface area (TPSA) is 79.4 Å². The number of thiophene rings is 1. The lowest BCUT2D eigenvalue weighted by Crippen LogP contribution is -1.80. The van der Waals surface area contributed by atoms with Crippen LogP contribution < -0.4 is 0 Å². The maximum absolute atomic E-state index is 9.75. The zero-order chi connectivity index (χ0) is 13.4. The van der Waals surface area contributed by atoms with Gasteiger partial charge in [0.15, 0.2) is 11.5 Å². The summed E-state index contributed by atoms with van der Waals surface area (Å²) in [5.41, 5.74) is 0.300. The lowest BCUT2D eigenvalue weighted by molar-refractivity contribution is 0.397. The molecule has 0 unspecified atom stereocenters. The summed E-state index contributed by atoms with van der Waals surface area (Å²) < 4.78 is 6.05. The fourth-order valence-electron chi connectivity index (χ4n) is 1.57. The first-order valence-corrected chi connectivity index (χ1v) is 6.92. The number of rotatable bonds is 2. The van der Waals surface area contributed by atoms with Crippen LogP contribution in [0.25, 0.3) is 22.2 Å². The number of para-hydroxylation sites is 1. The van der Waals surface area contributed by atoms with E-state index in [1.807, 2.05) is 11.4 Å². The van der Waals surface area contributed by atoms with Gasteiger partial charge >= 0.3 is 0 Å². The van der Waals surface area contributed by atoms with Crippen LogP contribution in [-0.4, -0.2) is 20.4 Å². The largest absolute Gasteiger partial charge is 0.504 e. The Labute approximate surface area is 120 Å². The van der Waals surface area contributed by atoms with E-state index < -0.39 is 0 Å². The number of aromatic nitrogens is 2. The molecule has 0 fully saturated rings. The minimum Gasteiger partial charge on any atom is -0.504 e. The van der Waals surface area contributed by atoms with Crippen molar-refractivity contribution in [1.82, 2.24) is 10.1 Å². The van der Waals surface area contributed by atoms with Gasteiger partial charge in [-0.25, -0.2) is 0 Å². The highest BCUT2D eigenvalue weighted by atomic mass is 79.9. The van der Waals surface area contributed by atoms with Crippen molar-refractivity contribution < 1.29 is 14.7 Å². The summed E-state index contributed by atoms with van der Waals surface area (Å²) in [4.78, 5) is 5.06. The standard InChI is InChI=1S/C12H7BrN2O3S/c13-6-4-9(19-5-6)11-14-12(18-15-11)7-2-1-3-8(16)10(7)17/h1-5,16-17H. The Balaban J connectivity index is 2.04.